The van der Waals surface area contributed by atoms with Crippen molar-refractivity contribution >= 4 is 11.8 Å². The molecule has 1 aromatic rings. The number of hydrogen-bond donors (Lipinski definition) is 1. The van der Waals surface area contributed by atoms with Crippen LogP contribution >= 0.6 is 0 Å². The minimum atomic E-state index is -0.420. The number of nitrogens with zero attached hydrogens (tertiary/aromatic N) is 2. The molecule has 0 aromatic heterocycles. The first kappa shape index (κ1) is 15.5. The fourth-order valence-electron chi connectivity index (χ4n) is 2.74. The van der Waals surface area contributed by atoms with Crippen LogP contribution in [0.2, 0.25) is 0 Å². The molecule has 1 aromatic carbocycles. The molecule has 0 radical (unpaired) electrons. The number of aryl methyl sites for hydroxylation is 2. The van der Waals surface area contributed by atoms with Crippen LogP contribution in [0.3, 0.4) is 0 Å². The highest BCUT2D eigenvalue weighted by Gasteiger charge is 2.31. The Kier molecular flexibility index (Phi) is 4.63. The van der Waals surface area contributed by atoms with Crippen molar-refractivity contribution in [1.29, 1.82) is 0 Å². The van der Waals surface area contributed by atoms with E-state index in [1.165, 1.54) is 16.0 Å². The summed E-state index contributed by atoms with van der Waals surface area (Å²) in [4.78, 5) is 26.9. The molecule has 0 bridgehead atoms. The van der Waals surface area contributed by atoms with E-state index in [4.69, 9.17) is 0 Å². The van der Waals surface area contributed by atoms with E-state index in [1.54, 1.807) is 11.9 Å². The fourth-order valence-corrected chi connectivity index (χ4v) is 2.74. The molecule has 1 aliphatic heterocycles. The highest BCUT2D eigenvalue weighted by atomic mass is 16.2. The van der Waals surface area contributed by atoms with E-state index in [-0.39, 0.29) is 6.04 Å². The number of benzene rings is 1. The first-order chi connectivity index (χ1) is 9.92. The van der Waals surface area contributed by atoms with Crippen molar-refractivity contribution in [3.8, 4) is 0 Å². The van der Waals surface area contributed by atoms with Gasteiger partial charge in [0.15, 0.2) is 0 Å². The molecule has 1 saturated heterocycles. The monoisotopic (exact) mass is 289 g/mol. The minimum absolute atomic E-state index is 0.0313. The highest BCUT2D eigenvalue weighted by Crippen LogP contribution is 2.19. The molecule has 1 fully saturated rings. The molecule has 1 unspecified atom stereocenters. The van der Waals surface area contributed by atoms with Crippen molar-refractivity contribution in [2.45, 2.75) is 19.9 Å². The Bertz CT molecular complexity index is 536. The lowest BCUT2D eigenvalue weighted by molar-refractivity contribution is -0.155. The molecule has 5 heteroatoms. The van der Waals surface area contributed by atoms with Gasteiger partial charge in [-0.1, -0.05) is 29.3 Å². The van der Waals surface area contributed by atoms with E-state index in [9.17, 15) is 9.59 Å². The zero-order valence-corrected chi connectivity index (χ0v) is 13.1. The summed E-state index contributed by atoms with van der Waals surface area (Å²) >= 11 is 0. The average Bonchev–Trinajstić information content (AvgIpc) is 2.43. The third-order valence-electron chi connectivity index (χ3n) is 3.92. The van der Waals surface area contributed by atoms with Gasteiger partial charge < -0.3 is 15.1 Å². The molecule has 1 N–H and O–H groups in total. The number of amides is 2. The summed E-state index contributed by atoms with van der Waals surface area (Å²) in [5.74, 6) is -0.829. The zero-order valence-electron chi connectivity index (χ0n) is 13.1. The van der Waals surface area contributed by atoms with E-state index in [1.807, 2.05) is 7.05 Å². The van der Waals surface area contributed by atoms with Gasteiger partial charge in [0.25, 0.3) is 0 Å². The quantitative estimate of drug-likeness (QED) is 0.837. The lowest BCUT2D eigenvalue weighted by atomic mass is 10.0. The van der Waals surface area contributed by atoms with Crippen molar-refractivity contribution in [2.75, 3.05) is 33.7 Å². The van der Waals surface area contributed by atoms with Gasteiger partial charge >= 0.3 is 11.8 Å². The maximum absolute atomic E-state index is 12.1. The third kappa shape index (κ3) is 3.42. The smallest absolute Gasteiger partial charge is 0.312 e. The molecule has 0 aliphatic carbocycles. The Labute approximate surface area is 125 Å². The van der Waals surface area contributed by atoms with Gasteiger partial charge in [-0.3, -0.25) is 9.59 Å². The summed E-state index contributed by atoms with van der Waals surface area (Å²) in [6.07, 6.45) is 0. The molecule has 114 valence electrons. The molecule has 21 heavy (non-hydrogen) atoms. The SMILES string of the molecule is CNC(CN1CCN(C)C(=O)C1=O)c1cc(C)cc(C)c1. The summed E-state index contributed by atoms with van der Waals surface area (Å²) in [6.45, 7) is 5.82. The molecule has 1 heterocycles. The van der Waals surface area contributed by atoms with Crippen molar-refractivity contribution in [3.63, 3.8) is 0 Å². The van der Waals surface area contributed by atoms with E-state index in [0.29, 0.717) is 19.6 Å². The fraction of sp³-hybridized carbons (Fsp3) is 0.500. The lowest BCUT2D eigenvalue weighted by Gasteiger charge is -2.34. The molecule has 1 atom stereocenters. The van der Waals surface area contributed by atoms with Crippen molar-refractivity contribution in [1.82, 2.24) is 15.1 Å². The van der Waals surface area contributed by atoms with Crippen molar-refractivity contribution in [3.05, 3.63) is 34.9 Å². The maximum Gasteiger partial charge on any atom is 0.312 e. The first-order valence-electron chi connectivity index (χ1n) is 7.22. The molecule has 2 rings (SSSR count). The summed E-state index contributed by atoms with van der Waals surface area (Å²) in [5.41, 5.74) is 3.55. The van der Waals surface area contributed by atoms with Crippen LogP contribution in [0.4, 0.5) is 0 Å². The molecular weight excluding hydrogens is 266 g/mol. The molecule has 1 aliphatic rings. The second-order valence-corrected chi connectivity index (χ2v) is 5.74. The molecule has 0 saturated carbocycles. The Morgan fingerprint density at radius 3 is 2.29 bits per heavy atom. The summed E-state index contributed by atoms with van der Waals surface area (Å²) in [5, 5.41) is 3.25. The summed E-state index contributed by atoms with van der Waals surface area (Å²) in [7, 11) is 3.54. The van der Waals surface area contributed by atoms with Crippen molar-refractivity contribution in [2.24, 2.45) is 0 Å². The number of hydrogen-bond acceptors (Lipinski definition) is 3. The van der Waals surface area contributed by atoms with Crippen LogP contribution in [-0.4, -0.2) is 55.3 Å². The summed E-state index contributed by atoms with van der Waals surface area (Å²) < 4.78 is 0. The Balaban J connectivity index is 2.15. The van der Waals surface area contributed by atoms with E-state index in [0.717, 1.165) is 5.56 Å². The van der Waals surface area contributed by atoms with Gasteiger partial charge in [-0.25, -0.2) is 0 Å². The van der Waals surface area contributed by atoms with Gasteiger partial charge in [-0.15, -0.1) is 0 Å². The Morgan fingerprint density at radius 1 is 1.10 bits per heavy atom. The van der Waals surface area contributed by atoms with E-state index >= 15 is 0 Å². The minimum Gasteiger partial charge on any atom is -0.336 e. The average molecular weight is 289 g/mol. The van der Waals surface area contributed by atoms with Crippen LogP contribution in [0, 0.1) is 13.8 Å². The van der Waals surface area contributed by atoms with Gasteiger partial charge in [0.1, 0.15) is 0 Å². The van der Waals surface area contributed by atoms with Crippen LogP contribution in [0.25, 0.3) is 0 Å². The van der Waals surface area contributed by atoms with E-state index in [2.05, 4.69) is 37.4 Å². The second kappa shape index (κ2) is 6.26. The number of carbonyl (C=O) groups excluding carboxylic acids is 2. The molecule has 0 spiro atoms. The zero-order chi connectivity index (χ0) is 15.6. The Hall–Kier alpha value is -1.88. The van der Waals surface area contributed by atoms with Crippen LogP contribution in [0.1, 0.15) is 22.7 Å². The topological polar surface area (TPSA) is 52.6 Å². The van der Waals surface area contributed by atoms with Gasteiger partial charge in [0.05, 0.1) is 0 Å². The van der Waals surface area contributed by atoms with Crippen LogP contribution in [-0.2, 0) is 9.59 Å². The van der Waals surface area contributed by atoms with Gasteiger partial charge in [-0.05, 0) is 26.5 Å². The number of likely N-dealkylation sites (N-methyl/N-ethyl adjacent to an activating group) is 2. The second-order valence-electron chi connectivity index (χ2n) is 5.74. The van der Waals surface area contributed by atoms with Crippen LogP contribution in [0.5, 0.6) is 0 Å². The molecular formula is C16H23N3O2. The van der Waals surface area contributed by atoms with E-state index < -0.39 is 11.8 Å². The standard InChI is InChI=1S/C16H23N3O2/c1-11-7-12(2)9-13(8-11)14(17-3)10-19-6-5-18(4)15(20)16(19)21/h7-9,14,17H,5-6,10H2,1-4H3. The maximum atomic E-state index is 12.1. The predicted octanol–water partition coefficient (Wildman–Crippen LogP) is 0.865. The Morgan fingerprint density at radius 2 is 1.71 bits per heavy atom. The lowest BCUT2D eigenvalue weighted by Crippen LogP contribution is -2.54. The van der Waals surface area contributed by atoms with Gasteiger partial charge in [0, 0.05) is 32.7 Å². The highest BCUT2D eigenvalue weighted by molar-refractivity contribution is 6.35. The molecule has 5 nitrogen and oxygen atoms in total. The van der Waals surface area contributed by atoms with Gasteiger partial charge in [-0.2, -0.15) is 0 Å². The largest absolute Gasteiger partial charge is 0.336 e. The third-order valence-corrected chi connectivity index (χ3v) is 3.92. The number of piperazine rings is 1. The first-order valence-corrected chi connectivity index (χ1v) is 7.22. The molecule has 2 amide bonds. The van der Waals surface area contributed by atoms with Crippen LogP contribution < -0.4 is 5.32 Å². The van der Waals surface area contributed by atoms with Gasteiger partial charge in [0.2, 0.25) is 0 Å². The normalized spacial score (nSPS) is 17.3. The predicted molar refractivity (Wildman–Crippen MR) is 81.9 cm³/mol. The number of rotatable bonds is 4. The van der Waals surface area contributed by atoms with Crippen LogP contribution in [0.15, 0.2) is 18.2 Å². The van der Waals surface area contributed by atoms with Crippen molar-refractivity contribution < 1.29 is 9.59 Å². The number of carbonyl (C=O) groups is 2. The summed E-state index contributed by atoms with van der Waals surface area (Å²) in [6, 6.07) is 6.40. The number of nitrogens with one attached hydrogen (secondary N) is 1.